The average Bonchev–Trinajstić information content (AvgIpc) is 2.97. The second kappa shape index (κ2) is 5.63. The second-order valence-corrected chi connectivity index (χ2v) is 4.84. The van der Waals surface area contributed by atoms with Gasteiger partial charge in [0.15, 0.2) is 0 Å². The number of carbonyl (C=O) groups excluding carboxylic acids is 1. The van der Waals surface area contributed by atoms with Crippen molar-refractivity contribution in [2.75, 3.05) is 11.4 Å². The number of carbonyl (C=O) groups is 1. The van der Waals surface area contributed by atoms with E-state index in [1.165, 1.54) is 0 Å². The van der Waals surface area contributed by atoms with Crippen LogP contribution in [0.4, 0.5) is 10.5 Å². The Balaban J connectivity index is 1.73. The fraction of sp³-hybridized carbons (Fsp3) is 0.188. The van der Waals surface area contributed by atoms with E-state index in [1.54, 1.807) is 23.4 Å². The lowest BCUT2D eigenvalue weighted by atomic mass is 10.1. The van der Waals surface area contributed by atoms with Crippen molar-refractivity contribution in [3.05, 3.63) is 59.4 Å². The van der Waals surface area contributed by atoms with E-state index < -0.39 is 0 Å². The Bertz CT molecular complexity index is 706. The van der Waals surface area contributed by atoms with Crippen LogP contribution in [0.25, 0.3) is 0 Å². The quantitative estimate of drug-likeness (QED) is 0.915. The highest BCUT2D eigenvalue weighted by molar-refractivity contribution is 5.94. The molecule has 0 unspecified atom stereocenters. The Morgan fingerprint density at radius 2 is 2.29 bits per heavy atom. The number of amides is 2. The van der Waals surface area contributed by atoms with Gasteiger partial charge in [-0.05, 0) is 35.7 Å². The van der Waals surface area contributed by atoms with Crippen LogP contribution in [0.1, 0.15) is 16.7 Å². The monoisotopic (exact) mass is 278 g/mol. The standard InChI is InChI=1S/C16H14N4O/c17-9-13-4-1-5-15-14(13)6-8-20(15)16(21)19-11-12-3-2-7-18-10-12/h1-5,7,10H,6,8,11H2,(H,19,21). The average molecular weight is 278 g/mol. The molecule has 2 aromatic rings. The molecule has 2 heterocycles. The minimum Gasteiger partial charge on any atom is -0.334 e. The molecule has 1 aliphatic heterocycles. The first kappa shape index (κ1) is 13.1. The zero-order valence-corrected chi connectivity index (χ0v) is 11.4. The van der Waals surface area contributed by atoms with Crippen LogP contribution in [0.15, 0.2) is 42.7 Å². The summed E-state index contributed by atoms with van der Waals surface area (Å²) in [5.41, 5.74) is 3.39. The molecule has 5 nitrogen and oxygen atoms in total. The molecule has 0 radical (unpaired) electrons. The number of hydrogen-bond donors (Lipinski definition) is 1. The third-order valence-electron chi connectivity index (χ3n) is 3.56. The number of nitriles is 1. The first-order valence-electron chi connectivity index (χ1n) is 6.76. The van der Waals surface area contributed by atoms with Crippen molar-refractivity contribution >= 4 is 11.7 Å². The molecule has 0 bridgehead atoms. The minimum atomic E-state index is -0.146. The summed E-state index contributed by atoms with van der Waals surface area (Å²) < 4.78 is 0. The van der Waals surface area contributed by atoms with Crippen molar-refractivity contribution in [1.82, 2.24) is 10.3 Å². The topological polar surface area (TPSA) is 69.0 Å². The number of rotatable bonds is 2. The van der Waals surface area contributed by atoms with Crippen LogP contribution >= 0.6 is 0 Å². The Hall–Kier alpha value is -2.87. The summed E-state index contributed by atoms with van der Waals surface area (Å²) >= 11 is 0. The van der Waals surface area contributed by atoms with E-state index in [0.29, 0.717) is 18.7 Å². The smallest absolute Gasteiger partial charge is 0.322 e. The van der Waals surface area contributed by atoms with Gasteiger partial charge in [-0.1, -0.05) is 12.1 Å². The molecular weight excluding hydrogens is 264 g/mol. The first-order chi connectivity index (χ1) is 10.3. The molecule has 1 aliphatic rings. The maximum absolute atomic E-state index is 12.3. The van der Waals surface area contributed by atoms with E-state index in [4.69, 9.17) is 5.26 Å². The first-order valence-corrected chi connectivity index (χ1v) is 6.76. The summed E-state index contributed by atoms with van der Waals surface area (Å²) in [6.07, 6.45) is 4.15. The highest BCUT2D eigenvalue weighted by Crippen LogP contribution is 2.30. The largest absolute Gasteiger partial charge is 0.334 e. The molecule has 2 amide bonds. The summed E-state index contributed by atoms with van der Waals surface area (Å²) in [5.74, 6) is 0. The predicted molar refractivity (Wildman–Crippen MR) is 78.7 cm³/mol. The summed E-state index contributed by atoms with van der Waals surface area (Å²) in [6, 6.07) is 11.3. The van der Waals surface area contributed by atoms with E-state index >= 15 is 0 Å². The molecule has 21 heavy (non-hydrogen) atoms. The molecule has 0 saturated carbocycles. The third kappa shape index (κ3) is 2.56. The highest BCUT2D eigenvalue weighted by Gasteiger charge is 2.26. The van der Waals surface area contributed by atoms with Crippen LogP contribution < -0.4 is 10.2 Å². The fourth-order valence-electron chi connectivity index (χ4n) is 2.53. The molecule has 0 aliphatic carbocycles. The Labute approximate surface area is 122 Å². The van der Waals surface area contributed by atoms with Crippen molar-refractivity contribution in [1.29, 1.82) is 5.26 Å². The Morgan fingerprint density at radius 3 is 3.05 bits per heavy atom. The molecule has 1 aromatic carbocycles. The van der Waals surface area contributed by atoms with Gasteiger partial charge < -0.3 is 5.32 Å². The van der Waals surface area contributed by atoms with Gasteiger partial charge in [0.2, 0.25) is 0 Å². The summed E-state index contributed by atoms with van der Waals surface area (Å²) in [5, 5.41) is 12.0. The summed E-state index contributed by atoms with van der Waals surface area (Å²) in [4.78, 5) is 18.0. The van der Waals surface area contributed by atoms with E-state index in [0.717, 1.165) is 23.2 Å². The van der Waals surface area contributed by atoms with Gasteiger partial charge in [0.1, 0.15) is 0 Å². The van der Waals surface area contributed by atoms with Crippen LogP contribution in [0.2, 0.25) is 0 Å². The number of fused-ring (bicyclic) bond motifs is 1. The van der Waals surface area contributed by atoms with Gasteiger partial charge in [-0.2, -0.15) is 5.26 Å². The molecule has 0 fully saturated rings. The minimum absolute atomic E-state index is 0.146. The van der Waals surface area contributed by atoms with Gasteiger partial charge in [-0.3, -0.25) is 9.88 Å². The molecule has 1 aromatic heterocycles. The molecule has 0 saturated heterocycles. The van der Waals surface area contributed by atoms with Crippen LogP contribution in [0.3, 0.4) is 0 Å². The SMILES string of the molecule is N#Cc1cccc2c1CCN2C(=O)NCc1cccnc1. The number of urea groups is 1. The zero-order valence-electron chi connectivity index (χ0n) is 11.4. The molecule has 0 spiro atoms. The molecule has 1 N–H and O–H groups in total. The number of hydrogen-bond acceptors (Lipinski definition) is 3. The predicted octanol–water partition coefficient (Wildman–Crippen LogP) is 2.23. The number of pyridine rings is 1. The van der Waals surface area contributed by atoms with Gasteiger partial charge in [-0.15, -0.1) is 0 Å². The van der Waals surface area contributed by atoms with Crippen molar-refractivity contribution in [2.24, 2.45) is 0 Å². The number of nitrogens with zero attached hydrogens (tertiary/aromatic N) is 3. The van der Waals surface area contributed by atoms with Gasteiger partial charge in [0.25, 0.3) is 0 Å². The maximum Gasteiger partial charge on any atom is 0.322 e. The maximum atomic E-state index is 12.3. The molecule has 3 rings (SSSR count). The number of anilines is 1. The van der Waals surface area contributed by atoms with E-state index in [9.17, 15) is 4.79 Å². The lowest BCUT2D eigenvalue weighted by molar-refractivity contribution is 0.246. The van der Waals surface area contributed by atoms with Crippen molar-refractivity contribution in [3.63, 3.8) is 0 Å². The molecular formula is C16H14N4O. The van der Waals surface area contributed by atoms with Crippen molar-refractivity contribution in [3.8, 4) is 6.07 Å². The second-order valence-electron chi connectivity index (χ2n) is 4.84. The van der Waals surface area contributed by atoms with Gasteiger partial charge in [0, 0.05) is 31.2 Å². The Kier molecular flexibility index (Phi) is 3.52. The van der Waals surface area contributed by atoms with E-state index in [-0.39, 0.29) is 6.03 Å². The van der Waals surface area contributed by atoms with Gasteiger partial charge in [-0.25, -0.2) is 4.79 Å². The van der Waals surface area contributed by atoms with Gasteiger partial charge >= 0.3 is 6.03 Å². The third-order valence-corrected chi connectivity index (χ3v) is 3.56. The highest BCUT2D eigenvalue weighted by atomic mass is 16.2. The number of aromatic nitrogens is 1. The molecule has 5 heteroatoms. The number of benzene rings is 1. The number of nitrogens with one attached hydrogen (secondary N) is 1. The summed E-state index contributed by atoms with van der Waals surface area (Å²) in [6.45, 7) is 1.04. The van der Waals surface area contributed by atoms with Crippen molar-refractivity contribution < 1.29 is 4.79 Å². The van der Waals surface area contributed by atoms with Crippen LogP contribution in [0, 0.1) is 11.3 Å². The van der Waals surface area contributed by atoms with Crippen LogP contribution in [-0.4, -0.2) is 17.6 Å². The lowest BCUT2D eigenvalue weighted by Crippen LogP contribution is -2.38. The van der Waals surface area contributed by atoms with E-state index in [1.807, 2.05) is 24.3 Å². The fourth-order valence-corrected chi connectivity index (χ4v) is 2.53. The lowest BCUT2D eigenvalue weighted by Gasteiger charge is -2.18. The van der Waals surface area contributed by atoms with E-state index in [2.05, 4.69) is 16.4 Å². The molecule has 0 atom stereocenters. The van der Waals surface area contributed by atoms with Crippen molar-refractivity contribution in [2.45, 2.75) is 13.0 Å². The Morgan fingerprint density at radius 1 is 1.38 bits per heavy atom. The molecule has 104 valence electrons. The van der Waals surface area contributed by atoms with Crippen LogP contribution in [-0.2, 0) is 13.0 Å². The van der Waals surface area contributed by atoms with Gasteiger partial charge in [0.05, 0.1) is 11.6 Å². The normalized spacial score (nSPS) is 12.6. The van der Waals surface area contributed by atoms with Crippen LogP contribution in [0.5, 0.6) is 0 Å². The summed E-state index contributed by atoms with van der Waals surface area (Å²) in [7, 11) is 0. The zero-order chi connectivity index (χ0) is 14.7.